The van der Waals surface area contributed by atoms with E-state index in [1.54, 1.807) is 12.1 Å². The molecule has 2 nitrogen and oxygen atoms in total. The summed E-state index contributed by atoms with van der Waals surface area (Å²) in [5.41, 5.74) is 1.27. The Bertz CT molecular complexity index is 592. The highest BCUT2D eigenvalue weighted by Gasteiger charge is 2.32. The first-order chi connectivity index (χ1) is 9.72. The lowest BCUT2D eigenvalue weighted by Gasteiger charge is -2.18. The van der Waals surface area contributed by atoms with Gasteiger partial charge < -0.3 is 5.32 Å². The maximum Gasteiger partial charge on any atom is 0.261 e. The van der Waals surface area contributed by atoms with Crippen LogP contribution in [0, 0.1) is 5.92 Å². The average Bonchev–Trinajstić information content (AvgIpc) is 3.21. The van der Waals surface area contributed by atoms with Crippen molar-refractivity contribution >= 4 is 28.8 Å². The van der Waals surface area contributed by atoms with Crippen molar-refractivity contribution in [3.63, 3.8) is 0 Å². The summed E-state index contributed by atoms with van der Waals surface area (Å²) in [6.07, 6.45) is 3.32. The fraction of sp³-hybridized carbons (Fsp3) is 0.312. The molecule has 1 saturated carbocycles. The molecule has 0 aliphatic heterocycles. The molecule has 0 bridgehead atoms. The lowest BCUT2D eigenvalue weighted by atomic mass is 10.0. The second kappa shape index (κ2) is 5.98. The number of amides is 1. The molecule has 1 N–H and O–H groups in total. The Kier molecular flexibility index (Phi) is 4.08. The van der Waals surface area contributed by atoms with Crippen LogP contribution >= 0.6 is 22.9 Å². The molecule has 0 spiro atoms. The van der Waals surface area contributed by atoms with Crippen molar-refractivity contribution in [3.05, 3.63) is 57.2 Å². The molecule has 104 valence electrons. The molecule has 3 rings (SSSR count). The summed E-state index contributed by atoms with van der Waals surface area (Å²) in [6, 6.07) is 14.1. The minimum absolute atomic E-state index is 0.00488. The molecule has 20 heavy (non-hydrogen) atoms. The maximum atomic E-state index is 12.2. The van der Waals surface area contributed by atoms with E-state index >= 15 is 0 Å². The van der Waals surface area contributed by atoms with Gasteiger partial charge in [0.05, 0.1) is 9.21 Å². The van der Waals surface area contributed by atoms with Crippen molar-refractivity contribution in [2.45, 2.75) is 25.3 Å². The van der Waals surface area contributed by atoms with Gasteiger partial charge in [0.1, 0.15) is 0 Å². The zero-order valence-corrected chi connectivity index (χ0v) is 12.6. The topological polar surface area (TPSA) is 29.1 Å². The first-order valence-electron chi connectivity index (χ1n) is 6.82. The van der Waals surface area contributed by atoms with Crippen LogP contribution in [0.5, 0.6) is 0 Å². The van der Waals surface area contributed by atoms with Crippen LogP contribution < -0.4 is 5.32 Å². The summed E-state index contributed by atoms with van der Waals surface area (Å²) in [5.74, 6) is 0.615. The van der Waals surface area contributed by atoms with E-state index in [1.165, 1.54) is 29.7 Å². The second-order valence-electron chi connectivity index (χ2n) is 5.21. The zero-order chi connectivity index (χ0) is 13.9. The Balaban J connectivity index is 1.67. The summed E-state index contributed by atoms with van der Waals surface area (Å²) in [5, 5.41) is 3.17. The molecule has 0 saturated heterocycles. The van der Waals surface area contributed by atoms with Gasteiger partial charge in [-0.15, -0.1) is 11.3 Å². The molecule has 1 aromatic heterocycles. The van der Waals surface area contributed by atoms with E-state index in [1.807, 2.05) is 18.2 Å². The normalized spacial score (nSPS) is 15.8. The van der Waals surface area contributed by atoms with Gasteiger partial charge >= 0.3 is 0 Å². The molecule has 1 unspecified atom stereocenters. The average molecular weight is 306 g/mol. The Labute approximate surface area is 127 Å². The third kappa shape index (κ3) is 3.41. The lowest BCUT2D eigenvalue weighted by Crippen LogP contribution is -2.37. The minimum Gasteiger partial charge on any atom is -0.348 e. The Morgan fingerprint density at radius 2 is 2.00 bits per heavy atom. The number of thiophene rings is 1. The number of benzene rings is 1. The van der Waals surface area contributed by atoms with E-state index in [0.29, 0.717) is 15.1 Å². The third-order valence-corrected chi connectivity index (χ3v) is 4.83. The largest absolute Gasteiger partial charge is 0.348 e. The highest BCUT2D eigenvalue weighted by Crippen LogP contribution is 2.34. The van der Waals surface area contributed by atoms with Gasteiger partial charge in [-0.2, -0.15) is 0 Å². The molecule has 1 amide bonds. The fourth-order valence-electron chi connectivity index (χ4n) is 2.38. The smallest absolute Gasteiger partial charge is 0.261 e. The van der Waals surface area contributed by atoms with Crippen LogP contribution in [-0.4, -0.2) is 11.9 Å². The lowest BCUT2D eigenvalue weighted by molar-refractivity contribution is 0.0936. The van der Waals surface area contributed by atoms with Crippen LogP contribution in [0.2, 0.25) is 4.34 Å². The molecule has 1 aromatic carbocycles. The molecule has 1 aliphatic carbocycles. The van der Waals surface area contributed by atoms with Gasteiger partial charge in [0.15, 0.2) is 0 Å². The van der Waals surface area contributed by atoms with E-state index in [-0.39, 0.29) is 11.9 Å². The highest BCUT2D eigenvalue weighted by atomic mass is 35.5. The van der Waals surface area contributed by atoms with E-state index in [2.05, 4.69) is 17.4 Å². The predicted molar refractivity (Wildman–Crippen MR) is 83.5 cm³/mol. The number of hydrogen-bond acceptors (Lipinski definition) is 2. The third-order valence-electron chi connectivity index (χ3n) is 3.60. The van der Waals surface area contributed by atoms with Gasteiger partial charge in [-0.05, 0) is 42.9 Å². The van der Waals surface area contributed by atoms with E-state index < -0.39 is 0 Å². The van der Waals surface area contributed by atoms with E-state index in [4.69, 9.17) is 11.6 Å². The molecule has 4 heteroatoms. The minimum atomic E-state index is -0.00488. The first kappa shape index (κ1) is 13.7. The second-order valence-corrected chi connectivity index (χ2v) is 6.93. The van der Waals surface area contributed by atoms with Crippen molar-refractivity contribution in [2.75, 3.05) is 0 Å². The molecular formula is C16H16ClNOS. The SMILES string of the molecule is O=C(NC(Cc1ccccc1)C1CC1)c1ccc(Cl)s1. The van der Waals surface area contributed by atoms with Crippen molar-refractivity contribution < 1.29 is 4.79 Å². The van der Waals surface area contributed by atoms with Gasteiger partial charge in [-0.25, -0.2) is 0 Å². The van der Waals surface area contributed by atoms with Crippen molar-refractivity contribution in [3.8, 4) is 0 Å². The quantitative estimate of drug-likeness (QED) is 0.883. The van der Waals surface area contributed by atoms with Crippen LogP contribution in [0.1, 0.15) is 28.1 Å². The Morgan fingerprint density at radius 3 is 2.60 bits per heavy atom. The number of carbonyl (C=O) groups is 1. The summed E-state index contributed by atoms with van der Waals surface area (Å²) in [6.45, 7) is 0. The summed E-state index contributed by atoms with van der Waals surface area (Å²) in [4.78, 5) is 12.9. The number of carbonyl (C=O) groups excluding carboxylic acids is 1. The molecular weight excluding hydrogens is 290 g/mol. The van der Waals surface area contributed by atoms with Gasteiger partial charge in [0.25, 0.3) is 5.91 Å². The van der Waals surface area contributed by atoms with Crippen molar-refractivity contribution in [2.24, 2.45) is 5.92 Å². The van der Waals surface area contributed by atoms with Gasteiger partial charge in [0, 0.05) is 6.04 Å². The van der Waals surface area contributed by atoms with E-state index in [0.717, 1.165) is 6.42 Å². The number of nitrogens with one attached hydrogen (secondary N) is 1. The first-order valence-corrected chi connectivity index (χ1v) is 8.02. The summed E-state index contributed by atoms with van der Waals surface area (Å²) < 4.78 is 0.654. The molecule has 1 heterocycles. The molecule has 1 atom stereocenters. The molecule has 1 fully saturated rings. The zero-order valence-electron chi connectivity index (χ0n) is 11.0. The Hall–Kier alpha value is -1.32. The van der Waals surface area contributed by atoms with Crippen LogP contribution in [0.3, 0.4) is 0 Å². The summed E-state index contributed by atoms with van der Waals surface area (Å²) in [7, 11) is 0. The van der Waals surface area contributed by atoms with Gasteiger partial charge in [-0.3, -0.25) is 4.79 Å². The molecule has 2 aromatic rings. The fourth-order valence-corrected chi connectivity index (χ4v) is 3.32. The summed E-state index contributed by atoms with van der Waals surface area (Å²) >= 11 is 7.21. The monoisotopic (exact) mass is 305 g/mol. The Morgan fingerprint density at radius 1 is 1.25 bits per heavy atom. The van der Waals surface area contributed by atoms with Crippen LogP contribution in [0.25, 0.3) is 0 Å². The van der Waals surface area contributed by atoms with E-state index in [9.17, 15) is 4.79 Å². The van der Waals surface area contributed by atoms with Gasteiger partial charge in [-0.1, -0.05) is 41.9 Å². The standard InChI is InChI=1S/C16H16ClNOS/c17-15-9-8-14(20-15)16(19)18-13(12-6-7-12)10-11-4-2-1-3-5-11/h1-5,8-9,12-13H,6-7,10H2,(H,18,19). The van der Waals surface area contributed by atoms with Gasteiger partial charge in [0.2, 0.25) is 0 Å². The number of halogens is 1. The predicted octanol–water partition coefficient (Wildman–Crippen LogP) is 4.15. The van der Waals surface area contributed by atoms with Crippen molar-refractivity contribution in [1.82, 2.24) is 5.32 Å². The van der Waals surface area contributed by atoms with Crippen LogP contribution in [0.4, 0.5) is 0 Å². The molecule has 1 aliphatic rings. The maximum absolute atomic E-state index is 12.2. The number of rotatable bonds is 5. The number of hydrogen-bond donors (Lipinski definition) is 1. The highest BCUT2D eigenvalue weighted by molar-refractivity contribution is 7.17. The van der Waals surface area contributed by atoms with Crippen LogP contribution in [-0.2, 0) is 6.42 Å². The van der Waals surface area contributed by atoms with Crippen LogP contribution in [0.15, 0.2) is 42.5 Å². The van der Waals surface area contributed by atoms with Crippen molar-refractivity contribution in [1.29, 1.82) is 0 Å². The molecule has 0 radical (unpaired) electrons.